The predicted octanol–water partition coefficient (Wildman–Crippen LogP) is 4.01. The van der Waals surface area contributed by atoms with Crippen molar-refractivity contribution in [2.45, 2.75) is 58.4 Å². The molecule has 4 rings (SSSR count). The topological polar surface area (TPSA) is 61.2 Å². The van der Waals surface area contributed by atoms with Gasteiger partial charge in [-0.2, -0.15) is 0 Å². The van der Waals surface area contributed by atoms with Crippen LogP contribution in [-0.2, 0) is 17.7 Å². The Hall–Kier alpha value is -1.95. The molecule has 0 radical (unpaired) electrons. The van der Waals surface area contributed by atoms with E-state index >= 15 is 0 Å². The highest BCUT2D eigenvalue weighted by Gasteiger charge is 2.23. The van der Waals surface area contributed by atoms with Crippen molar-refractivity contribution in [2.75, 3.05) is 6.61 Å². The molecule has 1 aliphatic heterocycles. The third-order valence-corrected chi connectivity index (χ3v) is 6.59. The summed E-state index contributed by atoms with van der Waals surface area (Å²) in [5.74, 6) is 0.938. The van der Waals surface area contributed by atoms with E-state index in [9.17, 15) is 9.59 Å². The van der Waals surface area contributed by atoms with Crippen LogP contribution in [0.5, 0.6) is 0 Å². The van der Waals surface area contributed by atoms with Crippen LogP contribution in [0, 0.1) is 12.8 Å². The number of allylic oxidation sites excluding steroid dienone is 2. The second-order valence-electron chi connectivity index (χ2n) is 7.28. The highest BCUT2D eigenvalue weighted by atomic mass is 32.1. The lowest BCUT2D eigenvalue weighted by Gasteiger charge is -2.17. The Kier molecular flexibility index (Phi) is 4.94. The maximum Gasteiger partial charge on any atom is 0.348 e. The van der Waals surface area contributed by atoms with E-state index in [1.165, 1.54) is 11.3 Å². The highest BCUT2D eigenvalue weighted by molar-refractivity contribution is 7.20. The van der Waals surface area contributed by atoms with Gasteiger partial charge in [-0.15, -0.1) is 11.3 Å². The van der Waals surface area contributed by atoms with Crippen LogP contribution in [0.15, 0.2) is 16.9 Å². The third kappa shape index (κ3) is 3.22. The second kappa shape index (κ2) is 7.35. The summed E-state index contributed by atoms with van der Waals surface area (Å²) in [5.41, 5.74) is 0.715. The van der Waals surface area contributed by atoms with E-state index in [0.717, 1.165) is 62.9 Å². The van der Waals surface area contributed by atoms with Crippen molar-refractivity contribution in [3.05, 3.63) is 38.8 Å². The molecule has 0 bridgehead atoms. The molecule has 2 aromatic heterocycles. The third-order valence-electron chi connectivity index (χ3n) is 5.42. The average molecular weight is 372 g/mol. The fourth-order valence-corrected chi connectivity index (χ4v) is 4.96. The normalized spacial score (nSPS) is 20.0. The van der Waals surface area contributed by atoms with Crippen molar-refractivity contribution in [1.82, 2.24) is 9.55 Å². The van der Waals surface area contributed by atoms with E-state index in [4.69, 9.17) is 9.72 Å². The molecule has 1 unspecified atom stereocenters. The van der Waals surface area contributed by atoms with E-state index in [2.05, 4.69) is 12.2 Å². The minimum Gasteiger partial charge on any atom is -0.461 e. The molecule has 26 heavy (non-hydrogen) atoms. The molecule has 1 aliphatic carbocycles. The molecule has 138 valence electrons. The maximum absolute atomic E-state index is 13.0. The van der Waals surface area contributed by atoms with E-state index in [-0.39, 0.29) is 11.5 Å². The van der Waals surface area contributed by atoms with Crippen molar-refractivity contribution in [3.63, 3.8) is 0 Å². The molecule has 6 heteroatoms. The molecule has 0 fully saturated rings. The predicted molar refractivity (Wildman–Crippen MR) is 103 cm³/mol. The van der Waals surface area contributed by atoms with Crippen molar-refractivity contribution in [2.24, 2.45) is 5.92 Å². The largest absolute Gasteiger partial charge is 0.461 e. The zero-order valence-corrected chi connectivity index (χ0v) is 15.9. The standard InChI is InChI=1S/C20H24N2O3S/c1-13-16-18(21-15-10-6-3-7-11-22(15)19(16)23)26-17(13)20(24)25-12-14-8-4-2-5-9-14/h2,4,14H,3,5-12H2,1H3. The summed E-state index contributed by atoms with van der Waals surface area (Å²) in [4.78, 5) is 31.5. The molecular weight excluding hydrogens is 348 g/mol. The lowest BCUT2D eigenvalue weighted by molar-refractivity contribution is 0.0437. The van der Waals surface area contributed by atoms with Crippen LogP contribution in [0.25, 0.3) is 10.2 Å². The summed E-state index contributed by atoms with van der Waals surface area (Å²) in [6.07, 6.45) is 11.4. The van der Waals surface area contributed by atoms with Crippen LogP contribution in [0.4, 0.5) is 0 Å². The van der Waals surface area contributed by atoms with Gasteiger partial charge in [-0.05, 0) is 50.5 Å². The van der Waals surface area contributed by atoms with Gasteiger partial charge in [-0.1, -0.05) is 18.6 Å². The second-order valence-corrected chi connectivity index (χ2v) is 8.28. The Morgan fingerprint density at radius 3 is 3.04 bits per heavy atom. The van der Waals surface area contributed by atoms with Crippen LogP contribution in [0.1, 0.15) is 59.6 Å². The van der Waals surface area contributed by atoms with E-state index in [0.29, 0.717) is 27.6 Å². The fourth-order valence-electron chi connectivity index (χ4n) is 3.87. The van der Waals surface area contributed by atoms with Gasteiger partial charge in [0.15, 0.2) is 0 Å². The molecule has 0 spiro atoms. The van der Waals surface area contributed by atoms with Gasteiger partial charge in [0.1, 0.15) is 15.5 Å². The maximum atomic E-state index is 13.0. The van der Waals surface area contributed by atoms with Gasteiger partial charge in [0.05, 0.1) is 12.0 Å². The van der Waals surface area contributed by atoms with Crippen molar-refractivity contribution in [1.29, 1.82) is 0 Å². The Balaban J connectivity index is 1.62. The molecule has 0 aromatic carbocycles. The average Bonchev–Trinajstić information content (AvgIpc) is 2.82. The van der Waals surface area contributed by atoms with Crippen molar-refractivity contribution >= 4 is 27.5 Å². The first-order valence-electron chi connectivity index (χ1n) is 9.50. The van der Waals surface area contributed by atoms with E-state index in [1.807, 2.05) is 6.92 Å². The minimum atomic E-state index is -0.320. The van der Waals surface area contributed by atoms with Crippen LogP contribution in [0.2, 0.25) is 0 Å². The lowest BCUT2D eigenvalue weighted by Crippen LogP contribution is -2.24. The summed E-state index contributed by atoms with van der Waals surface area (Å²) in [6, 6.07) is 0. The molecule has 0 saturated heterocycles. The van der Waals surface area contributed by atoms with Gasteiger partial charge < -0.3 is 4.74 Å². The molecule has 1 atom stereocenters. The summed E-state index contributed by atoms with van der Waals surface area (Å²) in [7, 11) is 0. The molecule has 3 heterocycles. The Bertz CT molecular complexity index is 925. The van der Waals surface area contributed by atoms with Gasteiger partial charge in [0.25, 0.3) is 5.56 Å². The number of hydrogen-bond acceptors (Lipinski definition) is 5. The van der Waals surface area contributed by atoms with E-state index in [1.54, 1.807) is 4.57 Å². The first-order valence-corrected chi connectivity index (χ1v) is 10.3. The van der Waals surface area contributed by atoms with Crippen LogP contribution in [0.3, 0.4) is 0 Å². The summed E-state index contributed by atoms with van der Waals surface area (Å²) >= 11 is 1.30. The van der Waals surface area contributed by atoms with Crippen LogP contribution >= 0.6 is 11.3 Å². The molecule has 0 N–H and O–H groups in total. The van der Waals surface area contributed by atoms with Gasteiger partial charge in [0.2, 0.25) is 0 Å². The molecular formula is C20H24N2O3S. The number of rotatable bonds is 3. The summed E-state index contributed by atoms with van der Waals surface area (Å²) in [6.45, 7) is 3.01. The molecule has 0 amide bonds. The van der Waals surface area contributed by atoms with Crippen LogP contribution < -0.4 is 5.56 Å². The molecule has 2 aromatic rings. The number of carbonyl (C=O) groups is 1. The number of ether oxygens (including phenoxy) is 1. The smallest absolute Gasteiger partial charge is 0.348 e. The van der Waals surface area contributed by atoms with Crippen LogP contribution in [-0.4, -0.2) is 22.1 Å². The number of hydrogen-bond donors (Lipinski definition) is 0. The zero-order chi connectivity index (χ0) is 18.1. The lowest BCUT2D eigenvalue weighted by atomic mass is 9.95. The highest BCUT2D eigenvalue weighted by Crippen LogP contribution is 2.29. The monoisotopic (exact) mass is 372 g/mol. The van der Waals surface area contributed by atoms with Crippen molar-refractivity contribution in [3.8, 4) is 0 Å². The van der Waals surface area contributed by atoms with Gasteiger partial charge in [0, 0.05) is 13.0 Å². The number of aromatic nitrogens is 2. The number of aryl methyl sites for hydroxylation is 2. The van der Waals surface area contributed by atoms with Crippen molar-refractivity contribution < 1.29 is 9.53 Å². The van der Waals surface area contributed by atoms with Gasteiger partial charge in [-0.25, -0.2) is 9.78 Å². The zero-order valence-electron chi connectivity index (χ0n) is 15.1. The first-order chi connectivity index (χ1) is 12.6. The Labute approximate surface area is 156 Å². The van der Waals surface area contributed by atoms with Gasteiger partial charge in [-0.3, -0.25) is 9.36 Å². The number of carbonyl (C=O) groups excluding carboxylic acids is 1. The molecule has 2 aliphatic rings. The SMILES string of the molecule is Cc1c(C(=O)OCC2CC=CCC2)sc2nc3n(c(=O)c12)CCCCC3. The first kappa shape index (κ1) is 17.5. The number of nitrogens with zero attached hydrogens (tertiary/aromatic N) is 2. The summed E-state index contributed by atoms with van der Waals surface area (Å²) in [5, 5.41) is 0.591. The minimum absolute atomic E-state index is 0.00267. The fraction of sp³-hybridized carbons (Fsp3) is 0.550. The number of thiophene rings is 1. The number of fused-ring (bicyclic) bond motifs is 2. The summed E-state index contributed by atoms with van der Waals surface area (Å²) < 4.78 is 7.37. The molecule has 5 nitrogen and oxygen atoms in total. The Morgan fingerprint density at radius 2 is 2.23 bits per heavy atom. The van der Waals surface area contributed by atoms with Gasteiger partial charge >= 0.3 is 5.97 Å². The quantitative estimate of drug-likeness (QED) is 0.603. The van der Waals surface area contributed by atoms with E-state index < -0.39 is 0 Å². The molecule has 0 saturated carbocycles. The Morgan fingerprint density at radius 1 is 1.35 bits per heavy atom. The number of esters is 1.